The molecule has 0 fully saturated rings. The van der Waals surface area contributed by atoms with Crippen molar-refractivity contribution >= 4 is 23.1 Å². The third-order valence-electron chi connectivity index (χ3n) is 4.18. The fourth-order valence-electron chi connectivity index (χ4n) is 2.83. The van der Waals surface area contributed by atoms with Crippen molar-refractivity contribution in [2.75, 3.05) is 10.6 Å². The van der Waals surface area contributed by atoms with Crippen LogP contribution in [0.2, 0.25) is 0 Å². The predicted molar refractivity (Wildman–Crippen MR) is 105 cm³/mol. The highest BCUT2D eigenvalue weighted by atomic mass is 15.1. The van der Waals surface area contributed by atoms with Gasteiger partial charge in [-0.2, -0.15) is 10.2 Å². The fourth-order valence-corrected chi connectivity index (χ4v) is 2.83. The van der Waals surface area contributed by atoms with Crippen molar-refractivity contribution in [2.45, 2.75) is 27.2 Å². The first-order valence-corrected chi connectivity index (χ1v) is 8.56. The summed E-state index contributed by atoms with van der Waals surface area (Å²) in [7, 11) is 0. The number of nitriles is 1. The lowest BCUT2D eigenvalue weighted by Crippen LogP contribution is -2.03. The minimum absolute atomic E-state index is 0.500. The minimum atomic E-state index is 0.500. The van der Waals surface area contributed by atoms with E-state index >= 15 is 0 Å². The Morgan fingerprint density at radius 3 is 2.31 bits per heavy atom. The molecule has 0 bridgehead atoms. The maximum absolute atomic E-state index is 8.87. The van der Waals surface area contributed by atoms with E-state index in [2.05, 4.69) is 59.6 Å². The zero-order valence-corrected chi connectivity index (χ0v) is 15.2. The Bertz CT molecular complexity index is 932. The molecule has 26 heavy (non-hydrogen) atoms. The van der Waals surface area contributed by atoms with Gasteiger partial charge in [-0.05, 0) is 67.3 Å². The summed E-state index contributed by atoms with van der Waals surface area (Å²) >= 11 is 0. The van der Waals surface area contributed by atoms with Crippen LogP contribution in [0.4, 0.5) is 23.1 Å². The molecule has 3 aromatic rings. The van der Waals surface area contributed by atoms with E-state index in [1.165, 1.54) is 16.7 Å². The third-order valence-corrected chi connectivity index (χ3v) is 4.18. The molecule has 0 radical (unpaired) electrons. The van der Waals surface area contributed by atoms with E-state index in [1.807, 2.05) is 18.2 Å². The number of hydrogen-bond donors (Lipinski definition) is 2. The maximum atomic E-state index is 8.87. The summed E-state index contributed by atoms with van der Waals surface area (Å²) in [6, 6.07) is 15.5. The first-order chi connectivity index (χ1) is 12.6. The Kier molecular flexibility index (Phi) is 5.14. The number of aryl methyl sites for hydroxylation is 3. The fraction of sp³-hybridized carbons (Fsp3) is 0.190. The topological polar surface area (TPSA) is 73.6 Å². The van der Waals surface area contributed by atoms with E-state index in [1.54, 1.807) is 18.3 Å². The summed E-state index contributed by atoms with van der Waals surface area (Å²) in [5.41, 5.74) is 6.25. The molecular weight excluding hydrogens is 322 g/mol. The lowest BCUT2D eigenvalue weighted by Gasteiger charge is -2.14. The smallest absolute Gasteiger partial charge is 0.229 e. The number of nitrogens with one attached hydrogen (secondary N) is 2. The minimum Gasteiger partial charge on any atom is -0.340 e. The second kappa shape index (κ2) is 7.66. The summed E-state index contributed by atoms with van der Waals surface area (Å²) in [6.45, 7) is 6.37. The van der Waals surface area contributed by atoms with Crippen molar-refractivity contribution in [3.63, 3.8) is 0 Å². The molecule has 0 aliphatic rings. The molecule has 130 valence electrons. The Morgan fingerprint density at radius 1 is 1.00 bits per heavy atom. The van der Waals surface area contributed by atoms with Gasteiger partial charge in [-0.1, -0.05) is 19.1 Å². The average Bonchev–Trinajstić information content (AvgIpc) is 2.65. The zero-order valence-electron chi connectivity index (χ0n) is 15.2. The lowest BCUT2D eigenvalue weighted by molar-refractivity contribution is 1.12. The average molecular weight is 343 g/mol. The van der Waals surface area contributed by atoms with Gasteiger partial charge in [0.1, 0.15) is 5.82 Å². The maximum Gasteiger partial charge on any atom is 0.229 e. The molecule has 5 heteroatoms. The van der Waals surface area contributed by atoms with Gasteiger partial charge in [-0.3, -0.25) is 0 Å². The Morgan fingerprint density at radius 2 is 1.69 bits per heavy atom. The first-order valence-electron chi connectivity index (χ1n) is 8.56. The molecule has 0 saturated heterocycles. The van der Waals surface area contributed by atoms with Gasteiger partial charge in [0.05, 0.1) is 11.6 Å². The van der Waals surface area contributed by atoms with E-state index in [9.17, 15) is 0 Å². The number of hydrogen-bond acceptors (Lipinski definition) is 5. The van der Waals surface area contributed by atoms with Gasteiger partial charge in [-0.15, -0.1) is 0 Å². The van der Waals surface area contributed by atoms with Gasteiger partial charge in [0.25, 0.3) is 0 Å². The number of rotatable bonds is 5. The lowest BCUT2D eigenvalue weighted by atomic mass is 10.0. The Labute approximate surface area is 153 Å². The van der Waals surface area contributed by atoms with Crippen LogP contribution < -0.4 is 10.6 Å². The van der Waals surface area contributed by atoms with Gasteiger partial charge >= 0.3 is 0 Å². The van der Waals surface area contributed by atoms with Crippen molar-refractivity contribution in [2.24, 2.45) is 0 Å². The summed E-state index contributed by atoms with van der Waals surface area (Å²) < 4.78 is 0. The molecule has 5 nitrogen and oxygen atoms in total. The largest absolute Gasteiger partial charge is 0.340 e. The molecular formula is C21H21N5. The van der Waals surface area contributed by atoms with Crippen LogP contribution in [0.25, 0.3) is 0 Å². The molecule has 2 aromatic carbocycles. The van der Waals surface area contributed by atoms with Crippen molar-refractivity contribution in [1.29, 1.82) is 5.26 Å². The van der Waals surface area contributed by atoms with E-state index < -0.39 is 0 Å². The van der Waals surface area contributed by atoms with Crippen LogP contribution in [-0.2, 0) is 6.42 Å². The van der Waals surface area contributed by atoms with Gasteiger partial charge in [0, 0.05) is 17.6 Å². The molecule has 0 aliphatic carbocycles. The van der Waals surface area contributed by atoms with Gasteiger partial charge < -0.3 is 10.6 Å². The molecule has 3 rings (SSSR count). The van der Waals surface area contributed by atoms with E-state index in [-0.39, 0.29) is 0 Å². The number of aromatic nitrogens is 2. The molecule has 0 amide bonds. The SMILES string of the molecule is CCc1cc(C)c(Nc2ccnc(Nc3ccc(C#N)cc3)n2)c(C)c1. The standard InChI is InChI=1S/C21H21N5/c1-4-16-11-14(2)20(15(3)12-16)25-19-9-10-23-21(26-19)24-18-7-5-17(13-22)6-8-18/h5-12H,4H2,1-3H3,(H2,23,24,25,26). The Hall–Kier alpha value is -3.39. The first kappa shape index (κ1) is 17.4. The van der Waals surface area contributed by atoms with Crippen molar-refractivity contribution in [1.82, 2.24) is 9.97 Å². The molecule has 1 aromatic heterocycles. The summed E-state index contributed by atoms with van der Waals surface area (Å²) in [5, 5.41) is 15.4. The highest BCUT2D eigenvalue weighted by Gasteiger charge is 2.07. The van der Waals surface area contributed by atoms with Crippen molar-refractivity contribution in [3.05, 3.63) is 70.9 Å². The van der Waals surface area contributed by atoms with Crippen LogP contribution in [0.15, 0.2) is 48.7 Å². The number of anilines is 4. The molecule has 1 heterocycles. The molecule has 0 atom stereocenters. The van der Waals surface area contributed by atoms with Crippen LogP contribution in [0.3, 0.4) is 0 Å². The van der Waals surface area contributed by atoms with Crippen LogP contribution in [0.5, 0.6) is 0 Å². The van der Waals surface area contributed by atoms with Crippen molar-refractivity contribution in [3.8, 4) is 6.07 Å². The second-order valence-corrected chi connectivity index (χ2v) is 6.16. The molecule has 0 spiro atoms. The van der Waals surface area contributed by atoms with E-state index in [0.717, 1.165) is 23.6 Å². The summed E-state index contributed by atoms with van der Waals surface area (Å²) in [4.78, 5) is 8.80. The van der Waals surface area contributed by atoms with Crippen LogP contribution in [0.1, 0.15) is 29.2 Å². The number of benzene rings is 2. The Balaban J connectivity index is 1.80. The normalized spacial score (nSPS) is 10.2. The molecule has 0 aliphatic heterocycles. The van der Waals surface area contributed by atoms with Gasteiger partial charge in [-0.25, -0.2) is 4.98 Å². The monoisotopic (exact) mass is 343 g/mol. The zero-order chi connectivity index (χ0) is 18.5. The third kappa shape index (κ3) is 3.98. The van der Waals surface area contributed by atoms with Crippen LogP contribution in [0, 0.1) is 25.2 Å². The van der Waals surface area contributed by atoms with Crippen LogP contribution >= 0.6 is 0 Å². The van der Waals surface area contributed by atoms with E-state index in [4.69, 9.17) is 5.26 Å². The molecule has 0 unspecified atom stereocenters. The molecule has 0 saturated carbocycles. The molecule has 2 N–H and O–H groups in total. The predicted octanol–water partition coefficient (Wildman–Crippen LogP) is 5.01. The highest BCUT2D eigenvalue weighted by molar-refractivity contribution is 5.66. The van der Waals surface area contributed by atoms with Gasteiger partial charge in [0.15, 0.2) is 0 Å². The summed E-state index contributed by atoms with van der Waals surface area (Å²) in [6.07, 6.45) is 2.74. The van der Waals surface area contributed by atoms with Crippen molar-refractivity contribution < 1.29 is 0 Å². The van der Waals surface area contributed by atoms with E-state index in [0.29, 0.717) is 11.5 Å². The summed E-state index contributed by atoms with van der Waals surface area (Å²) in [5.74, 6) is 1.23. The highest BCUT2D eigenvalue weighted by Crippen LogP contribution is 2.26. The number of nitrogens with zero attached hydrogens (tertiary/aromatic N) is 3. The quantitative estimate of drug-likeness (QED) is 0.681. The van der Waals surface area contributed by atoms with Gasteiger partial charge in [0.2, 0.25) is 5.95 Å². The van der Waals surface area contributed by atoms with Crippen LogP contribution in [-0.4, -0.2) is 9.97 Å². The second-order valence-electron chi connectivity index (χ2n) is 6.16.